The van der Waals surface area contributed by atoms with Crippen LogP contribution in [0.2, 0.25) is 0 Å². The molecule has 1 aromatic heterocycles. The molecule has 2 aromatic rings. The fourth-order valence-corrected chi connectivity index (χ4v) is 3.66. The van der Waals surface area contributed by atoms with Gasteiger partial charge in [-0.1, -0.05) is 0 Å². The smallest absolute Gasteiger partial charge is 0.234 e. The molecule has 1 aliphatic rings. The molecule has 1 fully saturated rings. The highest BCUT2D eigenvalue weighted by molar-refractivity contribution is 7.99. The number of carbonyl (C=O) groups excluding carboxylic acids is 1. The average Bonchev–Trinajstić information content (AvgIpc) is 2.61. The first-order chi connectivity index (χ1) is 11.7. The molecule has 6 nitrogen and oxygen atoms in total. The molecule has 3 rings (SSSR count). The lowest BCUT2D eigenvalue weighted by atomic mass is 10.0. The number of ether oxygens (including phenoxy) is 1. The number of thioether (sulfide) groups is 1. The number of piperidine rings is 1. The molecule has 1 atom stereocenters. The van der Waals surface area contributed by atoms with Crippen molar-refractivity contribution in [2.75, 3.05) is 26.0 Å². The summed E-state index contributed by atoms with van der Waals surface area (Å²) in [7, 11) is 1.64. The minimum atomic E-state index is -0.242. The number of methoxy groups -OCH3 is 1. The number of likely N-dealkylation sites (tertiary alicyclic amines) is 1. The van der Waals surface area contributed by atoms with Crippen LogP contribution in [-0.4, -0.2) is 52.8 Å². The third kappa shape index (κ3) is 3.96. The molecular weight excluding hydrogens is 324 g/mol. The lowest BCUT2D eigenvalue weighted by Gasteiger charge is -2.33. The van der Waals surface area contributed by atoms with Crippen molar-refractivity contribution >= 4 is 28.7 Å². The van der Waals surface area contributed by atoms with Crippen LogP contribution >= 0.6 is 11.8 Å². The Morgan fingerprint density at radius 2 is 2.33 bits per heavy atom. The third-order valence-corrected chi connectivity index (χ3v) is 5.01. The van der Waals surface area contributed by atoms with Gasteiger partial charge in [-0.05, 0) is 37.9 Å². The minimum Gasteiger partial charge on any atom is -0.497 e. The molecule has 0 spiro atoms. The Hall–Kier alpha value is -1.86. The topological polar surface area (TPSA) is 81.3 Å². The van der Waals surface area contributed by atoms with E-state index >= 15 is 0 Å². The zero-order valence-corrected chi connectivity index (χ0v) is 14.5. The van der Waals surface area contributed by atoms with E-state index in [0.717, 1.165) is 53.5 Å². The molecule has 1 radical (unpaired) electrons. The van der Waals surface area contributed by atoms with Gasteiger partial charge in [-0.15, -0.1) is 11.8 Å². The van der Waals surface area contributed by atoms with Gasteiger partial charge in [-0.2, -0.15) is 0 Å². The number of nitrogens with zero attached hydrogens (tertiary/aromatic N) is 3. The molecule has 0 bridgehead atoms. The number of primary amides is 1. The van der Waals surface area contributed by atoms with Crippen molar-refractivity contribution < 1.29 is 9.53 Å². The van der Waals surface area contributed by atoms with Gasteiger partial charge in [0.2, 0.25) is 5.91 Å². The average molecular weight is 345 g/mol. The van der Waals surface area contributed by atoms with Crippen molar-refractivity contribution in [1.82, 2.24) is 14.9 Å². The Morgan fingerprint density at radius 1 is 1.46 bits per heavy atom. The molecule has 1 amide bonds. The van der Waals surface area contributed by atoms with Gasteiger partial charge in [-0.3, -0.25) is 14.7 Å². The first-order valence-corrected chi connectivity index (χ1v) is 8.94. The van der Waals surface area contributed by atoms with Gasteiger partial charge in [0.1, 0.15) is 10.8 Å². The first kappa shape index (κ1) is 17.0. The predicted octanol–water partition coefficient (Wildman–Crippen LogP) is 1.88. The summed E-state index contributed by atoms with van der Waals surface area (Å²) in [4.78, 5) is 22.7. The Kier molecular flexibility index (Phi) is 5.52. The van der Waals surface area contributed by atoms with Crippen LogP contribution in [0, 0.1) is 6.42 Å². The van der Waals surface area contributed by atoms with Crippen molar-refractivity contribution in [3.8, 4) is 5.75 Å². The van der Waals surface area contributed by atoms with E-state index in [1.165, 1.54) is 0 Å². The number of rotatable bonds is 6. The molecule has 0 saturated carbocycles. The highest BCUT2D eigenvalue weighted by Gasteiger charge is 2.26. The number of benzene rings is 1. The van der Waals surface area contributed by atoms with Gasteiger partial charge in [0.05, 0.1) is 30.4 Å². The van der Waals surface area contributed by atoms with Crippen LogP contribution in [0.15, 0.2) is 29.4 Å². The lowest BCUT2D eigenvalue weighted by molar-refractivity contribution is -0.123. The van der Waals surface area contributed by atoms with Crippen molar-refractivity contribution in [1.29, 1.82) is 0 Å². The van der Waals surface area contributed by atoms with E-state index in [1.807, 2.05) is 18.2 Å². The van der Waals surface area contributed by atoms with E-state index in [2.05, 4.69) is 21.3 Å². The number of amides is 1. The van der Waals surface area contributed by atoms with Crippen LogP contribution in [-0.2, 0) is 4.79 Å². The van der Waals surface area contributed by atoms with Crippen molar-refractivity contribution in [2.24, 2.45) is 5.73 Å². The summed E-state index contributed by atoms with van der Waals surface area (Å²) in [5.74, 6) is 1.37. The number of fused-ring (bicyclic) bond motifs is 1. The van der Waals surface area contributed by atoms with Crippen LogP contribution in [0.25, 0.3) is 11.0 Å². The third-order valence-electron chi connectivity index (χ3n) is 4.14. The molecule has 1 aliphatic heterocycles. The number of hydrogen-bond donors (Lipinski definition) is 1. The van der Waals surface area contributed by atoms with E-state index in [4.69, 9.17) is 10.5 Å². The summed E-state index contributed by atoms with van der Waals surface area (Å²) in [6.07, 6.45) is 5.68. The summed E-state index contributed by atoms with van der Waals surface area (Å²) >= 11 is 1.64. The second-order valence-corrected chi connectivity index (χ2v) is 6.79. The molecule has 7 heteroatoms. The van der Waals surface area contributed by atoms with Gasteiger partial charge < -0.3 is 10.5 Å². The van der Waals surface area contributed by atoms with Crippen LogP contribution in [0.1, 0.15) is 12.8 Å². The second kappa shape index (κ2) is 7.81. The summed E-state index contributed by atoms with van der Waals surface area (Å²) < 4.78 is 5.23. The molecule has 1 unspecified atom stereocenters. The van der Waals surface area contributed by atoms with Gasteiger partial charge >= 0.3 is 0 Å². The largest absolute Gasteiger partial charge is 0.497 e. The lowest BCUT2D eigenvalue weighted by Crippen LogP contribution is -2.48. The maximum absolute atomic E-state index is 11.5. The van der Waals surface area contributed by atoms with Gasteiger partial charge in [0, 0.05) is 18.4 Å². The van der Waals surface area contributed by atoms with Crippen LogP contribution in [0.3, 0.4) is 0 Å². The Labute approximate surface area is 145 Å². The van der Waals surface area contributed by atoms with Gasteiger partial charge in [0.15, 0.2) is 0 Å². The Bertz CT molecular complexity index is 725. The summed E-state index contributed by atoms with van der Waals surface area (Å²) in [5, 5.41) is 0.870. The highest BCUT2D eigenvalue weighted by atomic mass is 32.2. The standard InChI is InChI=1S/C17H21N4O2S/c1-23-12-5-6-13-14(10-12)20-16(11-19-13)24-9-8-21-7-3-2-4-15(21)17(18)22/h2,5-6,10-11,15H,3-4,7-9H2,1H3,(H2,18,22). The minimum absolute atomic E-state index is 0.175. The van der Waals surface area contributed by atoms with Crippen LogP contribution < -0.4 is 10.5 Å². The zero-order chi connectivity index (χ0) is 16.9. The zero-order valence-electron chi connectivity index (χ0n) is 13.6. The maximum atomic E-state index is 11.5. The van der Waals surface area contributed by atoms with E-state index in [0.29, 0.717) is 0 Å². The monoisotopic (exact) mass is 345 g/mol. The second-order valence-electron chi connectivity index (χ2n) is 5.68. The first-order valence-electron chi connectivity index (χ1n) is 7.96. The molecule has 1 saturated heterocycles. The summed E-state index contributed by atoms with van der Waals surface area (Å²) in [6.45, 7) is 1.69. The van der Waals surface area contributed by atoms with E-state index in [-0.39, 0.29) is 11.9 Å². The van der Waals surface area contributed by atoms with Crippen LogP contribution in [0.5, 0.6) is 5.75 Å². The van der Waals surface area contributed by atoms with Crippen molar-refractivity contribution in [2.45, 2.75) is 23.9 Å². The molecule has 24 heavy (non-hydrogen) atoms. The van der Waals surface area contributed by atoms with Gasteiger partial charge in [0.25, 0.3) is 0 Å². The number of carbonyl (C=O) groups is 1. The van der Waals surface area contributed by atoms with Crippen molar-refractivity contribution in [3.63, 3.8) is 0 Å². The number of aromatic nitrogens is 2. The van der Waals surface area contributed by atoms with Crippen molar-refractivity contribution in [3.05, 3.63) is 30.8 Å². The Morgan fingerprint density at radius 3 is 3.12 bits per heavy atom. The van der Waals surface area contributed by atoms with E-state index in [9.17, 15) is 4.79 Å². The SMILES string of the molecule is COc1ccc2ncc(SCCN3CC[CH]CC3C(N)=O)nc2c1. The van der Waals surface area contributed by atoms with E-state index < -0.39 is 0 Å². The number of hydrogen-bond acceptors (Lipinski definition) is 6. The maximum Gasteiger partial charge on any atom is 0.234 e. The fraction of sp³-hybridized carbons (Fsp3) is 0.412. The summed E-state index contributed by atoms with van der Waals surface area (Å²) in [6, 6.07) is 5.49. The molecule has 127 valence electrons. The molecule has 2 heterocycles. The van der Waals surface area contributed by atoms with E-state index in [1.54, 1.807) is 25.1 Å². The quantitative estimate of drug-likeness (QED) is 0.805. The molecule has 1 aromatic carbocycles. The van der Waals surface area contributed by atoms with Crippen LogP contribution in [0.4, 0.5) is 0 Å². The summed E-state index contributed by atoms with van der Waals surface area (Å²) in [5.41, 5.74) is 7.16. The predicted molar refractivity (Wildman–Crippen MR) is 94.9 cm³/mol. The molecule has 2 N–H and O–H groups in total. The molecule has 0 aliphatic carbocycles. The highest BCUT2D eigenvalue weighted by Crippen LogP contribution is 2.22. The fourth-order valence-electron chi connectivity index (χ4n) is 2.84. The van der Waals surface area contributed by atoms with Gasteiger partial charge in [-0.25, -0.2) is 4.98 Å². The Balaban J connectivity index is 1.61. The number of nitrogens with two attached hydrogens (primary N) is 1. The normalized spacial score (nSPS) is 18.6. The molecular formula is C17H21N4O2S.